The number of hydrogen-bond acceptors (Lipinski definition) is 5. The smallest absolute Gasteiger partial charge is 0.159 e. The maximum atomic E-state index is 5.96. The first kappa shape index (κ1) is 19.8. The second-order valence-electron chi connectivity index (χ2n) is 8.63. The SMILES string of the molecule is CN1CCN(c2ccc3[nH]c(-c4n[nH]c5cc(OCc6ccccc6)ccc45)nc3c2)CC1. The summed E-state index contributed by atoms with van der Waals surface area (Å²) in [6, 6.07) is 22.6. The highest BCUT2D eigenvalue weighted by Crippen LogP contribution is 2.30. The van der Waals surface area contributed by atoms with Gasteiger partial charge in [0.1, 0.15) is 18.1 Å². The van der Waals surface area contributed by atoms with Crippen LogP contribution in [0.4, 0.5) is 5.69 Å². The molecule has 166 valence electrons. The van der Waals surface area contributed by atoms with Crippen LogP contribution in [0.1, 0.15) is 5.56 Å². The zero-order valence-corrected chi connectivity index (χ0v) is 18.6. The molecule has 1 aliphatic heterocycles. The summed E-state index contributed by atoms with van der Waals surface area (Å²) in [4.78, 5) is 13.1. The standard InChI is InChI=1S/C26H26N6O/c1-31-11-13-32(14-12-31)19-7-10-22-24(15-19)28-26(27-22)25-21-9-8-20(16-23(21)29-30-25)33-17-18-5-3-2-4-6-18/h2-10,15-16H,11-14,17H2,1H3,(H,27,28)(H,29,30). The van der Waals surface area contributed by atoms with E-state index < -0.39 is 0 Å². The Balaban J connectivity index is 1.25. The van der Waals surface area contributed by atoms with Crippen molar-refractivity contribution in [2.75, 3.05) is 38.1 Å². The molecule has 1 aliphatic rings. The highest BCUT2D eigenvalue weighted by molar-refractivity contribution is 5.94. The molecule has 0 aliphatic carbocycles. The summed E-state index contributed by atoms with van der Waals surface area (Å²) in [5, 5.41) is 8.70. The van der Waals surface area contributed by atoms with Gasteiger partial charge in [0.15, 0.2) is 5.82 Å². The second-order valence-corrected chi connectivity index (χ2v) is 8.63. The third kappa shape index (κ3) is 3.91. The number of likely N-dealkylation sites (N-methyl/N-ethyl adjacent to an activating group) is 1. The van der Waals surface area contributed by atoms with Gasteiger partial charge in [-0.05, 0) is 42.9 Å². The Labute approximate surface area is 192 Å². The molecule has 2 N–H and O–H groups in total. The zero-order chi connectivity index (χ0) is 22.2. The van der Waals surface area contributed by atoms with Crippen molar-refractivity contribution in [1.29, 1.82) is 0 Å². The van der Waals surface area contributed by atoms with Gasteiger partial charge in [0.2, 0.25) is 0 Å². The predicted octanol–water partition coefficient (Wildman–Crippen LogP) is 4.44. The number of anilines is 1. The number of H-pyrrole nitrogens is 2. The molecule has 3 heterocycles. The largest absolute Gasteiger partial charge is 0.489 e. The van der Waals surface area contributed by atoms with Gasteiger partial charge in [-0.15, -0.1) is 0 Å². The van der Waals surface area contributed by atoms with E-state index >= 15 is 0 Å². The highest BCUT2D eigenvalue weighted by atomic mass is 16.5. The molecule has 0 bridgehead atoms. The fourth-order valence-corrected chi connectivity index (χ4v) is 4.38. The van der Waals surface area contributed by atoms with Gasteiger partial charge in [0, 0.05) is 43.3 Å². The minimum Gasteiger partial charge on any atom is -0.489 e. The van der Waals surface area contributed by atoms with Gasteiger partial charge in [0.05, 0.1) is 16.6 Å². The minimum atomic E-state index is 0.534. The Kier molecular flexibility index (Phi) is 4.96. The Bertz CT molecular complexity index is 1400. The van der Waals surface area contributed by atoms with Crippen LogP contribution >= 0.6 is 0 Å². The summed E-state index contributed by atoms with van der Waals surface area (Å²) in [5.41, 5.74) is 6.08. The fourth-order valence-electron chi connectivity index (χ4n) is 4.38. The van der Waals surface area contributed by atoms with Crippen LogP contribution in [-0.2, 0) is 6.61 Å². The van der Waals surface area contributed by atoms with Gasteiger partial charge in [-0.25, -0.2) is 4.98 Å². The fraction of sp³-hybridized carbons (Fsp3) is 0.231. The Morgan fingerprint density at radius 2 is 1.76 bits per heavy atom. The number of nitrogens with one attached hydrogen (secondary N) is 2. The first-order valence-corrected chi connectivity index (χ1v) is 11.3. The van der Waals surface area contributed by atoms with Crippen molar-refractivity contribution < 1.29 is 4.74 Å². The lowest BCUT2D eigenvalue weighted by Gasteiger charge is -2.34. The number of ether oxygens (including phenoxy) is 1. The summed E-state index contributed by atoms with van der Waals surface area (Å²) < 4.78 is 5.96. The van der Waals surface area contributed by atoms with E-state index in [0.717, 1.165) is 70.9 Å². The summed E-state index contributed by atoms with van der Waals surface area (Å²) >= 11 is 0. The number of benzene rings is 3. The maximum absolute atomic E-state index is 5.96. The van der Waals surface area contributed by atoms with E-state index in [1.165, 1.54) is 5.69 Å². The van der Waals surface area contributed by atoms with Crippen LogP contribution in [0.25, 0.3) is 33.5 Å². The summed E-state index contributed by atoms with van der Waals surface area (Å²) in [7, 11) is 2.17. The lowest BCUT2D eigenvalue weighted by Crippen LogP contribution is -2.44. The molecule has 2 aromatic heterocycles. The molecule has 7 heteroatoms. The van der Waals surface area contributed by atoms with Crippen LogP contribution in [-0.4, -0.2) is 58.3 Å². The lowest BCUT2D eigenvalue weighted by atomic mass is 10.2. The number of fused-ring (bicyclic) bond motifs is 2. The van der Waals surface area contributed by atoms with Crippen molar-refractivity contribution in [2.45, 2.75) is 6.61 Å². The monoisotopic (exact) mass is 438 g/mol. The van der Waals surface area contributed by atoms with Crippen LogP contribution < -0.4 is 9.64 Å². The van der Waals surface area contributed by atoms with Gasteiger partial charge in [0.25, 0.3) is 0 Å². The predicted molar refractivity (Wildman–Crippen MR) is 132 cm³/mol. The normalized spacial score (nSPS) is 14.9. The van der Waals surface area contributed by atoms with E-state index in [1.54, 1.807) is 0 Å². The van der Waals surface area contributed by atoms with Crippen LogP contribution in [0.3, 0.4) is 0 Å². The van der Waals surface area contributed by atoms with Gasteiger partial charge >= 0.3 is 0 Å². The average Bonchev–Trinajstić information content (AvgIpc) is 3.47. The number of aromatic amines is 2. The van der Waals surface area contributed by atoms with Crippen molar-refractivity contribution in [3.63, 3.8) is 0 Å². The van der Waals surface area contributed by atoms with E-state index in [4.69, 9.17) is 9.72 Å². The molecule has 1 saturated heterocycles. The van der Waals surface area contributed by atoms with Crippen LogP contribution in [0.15, 0.2) is 66.7 Å². The van der Waals surface area contributed by atoms with E-state index in [-0.39, 0.29) is 0 Å². The number of piperazine rings is 1. The zero-order valence-electron chi connectivity index (χ0n) is 18.6. The topological polar surface area (TPSA) is 73.1 Å². The maximum Gasteiger partial charge on any atom is 0.159 e. The van der Waals surface area contributed by atoms with E-state index in [9.17, 15) is 0 Å². The van der Waals surface area contributed by atoms with Crippen molar-refractivity contribution in [3.8, 4) is 17.3 Å². The molecule has 1 fully saturated rings. The highest BCUT2D eigenvalue weighted by Gasteiger charge is 2.17. The van der Waals surface area contributed by atoms with E-state index in [0.29, 0.717) is 6.61 Å². The van der Waals surface area contributed by atoms with Crippen LogP contribution in [0.5, 0.6) is 5.75 Å². The Morgan fingerprint density at radius 3 is 2.61 bits per heavy atom. The number of hydrogen-bond donors (Lipinski definition) is 2. The molecule has 6 rings (SSSR count). The molecule has 7 nitrogen and oxygen atoms in total. The third-order valence-corrected chi connectivity index (χ3v) is 6.34. The molecule has 3 aromatic carbocycles. The molecule has 0 amide bonds. The number of imidazole rings is 1. The molecule has 0 unspecified atom stereocenters. The first-order valence-electron chi connectivity index (χ1n) is 11.3. The molecule has 0 atom stereocenters. The lowest BCUT2D eigenvalue weighted by molar-refractivity contribution is 0.306. The van der Waals surface area contributed by atoms with Crippen molar-refractivity contribution in [1.82, 2.24) is 25.1 Å². The van der Waals surface area contributed by atoms with Gasteiger partial charge in [-0.1, -0.05) is 30.3 Å². The molecule has 0 spiro atoms. The van der Waals surface area contributed by atoms with E-state index in [1.807, 2.05) is 36.4 Å². The van der Waals surface area contributed by atoms with Gasteiger partial charge in [-0.2, -0.15) is 5.10 Å². The molecule has 0 saturated carbocycles. The van der Waals surface area contributed by atoms with Crippen molar-refractivity contribution >= 4 is 27.6 Å². The average molecular weight is 439 g/mol. The van der Waals surface area contributed by atoms with Gasteiger partial charge in [-0.3, -0.25) is 5.10 Å². The molecule has 33 heavy (non-hydrogen) atoms. The first-order chi connectivity index (χ1) is 16.2. The van der Waals surface area contributed by atoms with Crippen molar-refractivity contribution in [3.05, 3.63) is 72.3 Å². The molecular weight excluding hydrogens is 412 g/mol. The summed E-state index contributed by atoms with van der Waals surface area (Å²) in [5.74, 6) is 1.58. The second kappa shape index (κ2) is 8.26. The quantitative estimate of drug-likeness (QED) is 0.425. The Morgan fingerprint density at radius 1 is 0.909 bits per heavy atom. The molecule has 5 aromatic rings. The number of aromatic nitrogens is 4. The molecular formula is C26H26N6O. The third-order valence-electron chi connectivity index (χ3n) is 6.34. The van der Waals surface area contributed by atoms with Crippen LogP contribution in [0.2, 0.25) is 0 Å². The number of nitrogens with zero attached hydrogens (tertiary/aromatic N) is 4. The van der Waals surface area contributed by atoms with Crippen LogP contribution in [0, 0.1) is 0 Å². The van der Waals surface area contributed by atoms with Gasteiger partial charge < -0.3 is 19.5 Å². The van der Waals surface area contributed by atoms with E-state index in [2.05, 4.69) is 62.4 Å². The van der Waals surface area contributed by atoms with Crippen molar-refractivity contribution in [2.24, 2.45) is 0 Å². The minimum absolute atomic E-state index is 0.534. The molecule has 0 radical (unpaired) electrons. The number of rotatable bonds is 5. The Hall–Kier alpha value is -3.84. The summed E-state index contributed by atoms with van der Waals surface area (Å²) in [6.45, 7) is 4.78. The summed E-state index contributed by atoms with van der Waals surface area (Å²) in [6.07, 6.45) is 0.